The van der Waals surface area contributed by atoms with E-state index in [0.29, 0.717) is 51.5 Å². The molecule has 3 aliphatic rings. The maximum Gasteiger partial charge on any atom is 0.408 e. The van der Waals surface area contributed by atoms with Crippen molar-refractivity contribution in [3.63, 3.8) is 0 Å². The molecule has 16 heteroatoms. The molecule has 0 bridgehead atoms. The van der Waals surface area contributed by atoms with E-state index >= 15 is 0 Å². The monoisotopic (exact) mass is 924 g/mol. The summed E-state index contributed by atoms with van der Waals surface area (Å²) in [4.78, 5) is 83.7. The molecule has 0 spiro atoms. The lowest BCUT2D eigenvalue weighted by molar-refractivity contribution is -0.256. The Hall–Kier alpha value is -4.70. The van der Waals surface area contributed by atoms with Crippen LogP contribution in [-0.2, 0) is 35.1 Å². The van der Waals surface area contributed by atoms with Crippen molar-refractivity contribution in [2.45, 2.75) is 194 Å². The van der Waals surface area contributed by atoms with Crippen LogP contribution in [0.2, 0.25) is 0 Å². The highest BCUT2D eigenvalue weighted by molar-refractivity contribution is 5.95. The third kappa shape index (κ3) is 15.2. The van der Waals surface area contributed by atoms with Crippen LogP contribution in [0.1, 0.15) is 141 Å². The van der Waals surface area contributed by atoms with Crippen LogP contribution in [0.4, 0.5) is 9.59 Å². The summed E-state index contributed by atoms with van der Waals surface area (Å²) in [6.07, 6.45) is 5.82. The van der Waals surface area contributed by atoms with Gasteiger partial charge in [-0.2, -0.15) is 5.06 Å². The molecule has 1 aliphatic carbocycles. The summed E-state index contributed by atoms with van der Waals surface area (Å²) in [5.74, 6) is -2.21. The van der Waals surface area contributed by atoms with E-state index in [9.17, 15) is 34.0 Å². The largest absolute Gasteiger partial charge is 0.446 e. The third-order valence-electron chi connectivity index (χ3n) is 12.8. The van der Waals surface area contributed by atoms with Gasteiger partial charge in [-0.1, -0.05) is 70.2 Å². The molecule has 6 atom stereocenters. The summed E-state index contributed by atoms with van der Waals surface area (Å²) in [7, 11) is 0. The molecule has 6 N–H and O–H groups in total. The van der Waals surface area contributed by atoms with E-state index in [1.54, 1.807) is 18.7 Å². The minimum atomic E-state index is -1.02. The molecule has 1 saturated carbocycles. The van der Waals surface area contributed by atoms with E-state index in [1.807, 2.05) is 105 Å². The van der Waals surface area contributed by atoms with Gasteiger partial charge >= 0.3 is 12.2 Å². The number of benzene rings is 1. The van der Waals surface area contributed by atoms with Crippen LogP contribution in [0.3, 0.4) is 0 Å². The molecule has 2 saturated heterocycles. The van der Waals surface area contributed by atoms with Crippen molar-refractivity contribution in [2.75, 3.05) is 13.1 Å². The van der Waals surface area contributed by atoms with Crippen molar-refractivity contribution >= 4 is 35.8 Å². The summed E-state index contributed by atoms with van der Waals surface area (Å²) in [5.41, 5.74) is -1.59. The van der Waals surface area contributed by atoms with Crippen LogP contribution in [0, 0.1) is 23.7 Å². The second-order valence-electron chi connectivity index (χ2n) is 22.0. The van der Waals surface area contributed by atoms with Gasteiger partial charge in [-0.3, -0.25) is 19.2 Å². The molecule has 66 heavy (non-hydrogen) atoms. The molecule has 1 aromatic carbocycles. The molecular formula is C50H81N7O9. The summed E-state index contributed by atoms with van der Waals surface area (Å²) in [5, 5.41) is 26.4. The Labute approximate surface area is 393 Å². The van der Waals surface area contributed by atoms with Gasteiger partial charge in [-0.25, -0.2) is 9.59 Å². The van der Waals surface area contributed by atoms with E-state index in [1.165, 1.54) is 5.06 Å². The molecule has 370 valence electrons. The summed E-state index contributed by atoms with van der Waals surface area (Å²) < 4.78 is 11.3. The number of ether oxygens (including phenoxy) is 2. The number of rotatable bonds is 19. The van der Waals surface area contributed by atoms with E-state index < -0.39 is 82.3 Å². The van der Waals surface area contributed by atoms with Crippen molar-refractivity contribution in [2.24, 2.45) is 23.7 Å². The lowest BCUT2D eigenvalue weighted by Crippen LogP contribution is -2.61. The fraction of sp³-hybridized carbons (Fsp3) is 0.720. The van der Waals surface area contributed by atoms with Crippen LogP contribution in [0.15, 0.2) is 42.5 Å². The van der Waals surface area contributed by atoms with Gasteiger partial charge in [0.05, 0.1) is 11.5 Å². The Morgan fingerprint density at radius 3 is 2.06 bits per heavy atom. The van der Waals surface area contributed by atoms with Crippen molar-refractivity contribution in [3.8, 4) is 0 Å². The summed E-state index contributed by atoms with van der Waals surface area (Å²) in [6, 6.07) is 6.66. The molecule has 0 aromatic heterocycles. The van der Waals surface area contributed by atoms with Crippen LogP contribution in [-0.4, -0.2) is 117 Å². The summed E-state index contributed by atoms with van der Waals surface area (Å²) in [6.45, 7) is 25.0. The number of nitrogens with one attached hydrogen (secondary N) is 5. The molecule has 1 aromatic rings. The Morgan fingerprint density at radius 1 is 0.864 bits per heavy atom. The number of alkyl carbamates (subject to hydrolysis) is 2. The number of hydrogen-bond acceptors (Lipinski definition) is 10. The lowest BCUT2D eigenvalue weighted by Gasteiger charge is -2.50. The van der Waals surface area contributed by atoms with E-state index in [4.69, 9.17) is 9.47 Å². The predicted octanol–water partition coefficient (Wildman–Crippen LogP) is 6.40. The van der Waals surface area contributed by atoms with Gasteiger partial charge in [0.1, 0.15) is 29.8 Å². The highest BCUT2D eigenvalue weighted by Gasteiger charge is 2.55. The number of carbonyl (C=O) groups excluding carboxylic acids is 6. The highest BCUT2D eigenvalue weighted by atomic mass is 16.6. The Bertz CT molecular complexity index is 1860. The van der Waals surface area contributed by atoms with Gasteiger partial charge in [0.15, 0.2) is 0 Å². The SMILES string of the molecule is CC(C)NC(=O)[C@H](CCCNC(=O)OC1CC(C)(C)N(O)C(C)(C)C1)NC(=O)[C@@H](NC(=O)[C@@H]1CCCN1C(=O)[C@H](/C=C/C1(NC(=O)OC(C)(C)C)C[C@H]1C(C)C)Cc1ccccc1)C(C)C. The predicted molar refractivity (Wildman–Crippen MR) is 253 cm³/mol. The number of nitrogens with zero attached hydrogens (tertiary/aromatic N) is 2. The smallest absolute Gasteiger partial charge is 0.408 e. The van der Waals surface area contributed by atoms with Crippen molar-refractivity contribution < 1.29 is 43.4 Å². The Kier molecular flexibility index (Phi) is 18.3. The Morgan fingerprint density at radius 2 is 1.50 bits per heavy atom. The van der Waals surface area contributed by atoms with Gasteiger partial charge in [0, 0.05) is 43.1 Å². The van der Waals surface area contributed by atoms with Crippen molar-refractivity contribution in [3.05, 3.63) is 48.0 Å². The van der Waals surface area contributed by atoms with Gasteiger partial charge in [0.2, 0.25) is 23.6 Å². The number of amides is 6. The van der Waals surface area contributed by atoms with Crippen LogP contribution in [0.5, 0.6) is 0 Å². The standard InChI is InChI=1S/C50H81N7O9/c1-31(2)37-30-50(37,55-46(63)66-47(7,8)9)24-23-35(27-34-19-15-14-16-20-34)44(61)56-26-18-22-39(56)42(59)54-40(32(3)4)43(60)53-38(41(58)52-33(5)6)21-17-25-51-45(62)65-36-28-48(10,11)57(64)49(12,13)29-36/h14-16,19-20,23-24,31-33,35-40,64H,17-18,21-22,25-30H2,1-13H3,(H,51,62)(H,52,58)(H,53,60)(H,54,59)(H,55,63)/b24-23+/t35-,37+,38+,39+,40+,50?/m1/s1. The lowest BCUT2D eigenvalue weighted by atomic mass is 9.80. The normalized spacial score (nSPS) is 23.3. The zero-order valence-corrected chi connectivity index (χ0v) is 41.9. The molecule has 2 aliphatic heterocycles. The minimum absolute atomic E-state index is 0.151. The second-order valence-corrected chi connectivity index (χ2v) is 22.0. The van der Waals surface area contributed by atoms with E-state index in [-0.39, 0.29) is 42.7 Å². The maximum atomic E-state index is 14.6. The number of likely N-dealkylation sites (tertiary alicyclic amines) is 1. The average Bonchev–Trinajstić information content (AvgIpc) is 3.68. The molecule has 6 amide bonds. The average molecular weight is 924 g/mol. The zero-order valence-electron chi connectivity index (χ0n) is 41.9. The topological polar surface area (TPSA) is 208 Å². The minimum Gasteiger partial charge on any atom is -0.446 e. The van der Waals surface area contributed by atoms with E-state index in [2.05, 4.69) is 40.4 Å². The van der Waals surface area contributed by atoms with Crippen molar-refractivity contribution in [1.82, 2.24) is 36.5 Å². The molecule has 0 radical (unpaired) electrons. The fourth-order valence-corrected chi connectivity index (χ4v) is 9.57. The molecule has 1 unspecified atom stereocenters. The quantitative estimate of drug-likeness (QED) is 0.0665. The third-order valence-corrected chi connectivity index (χ3v) is 12.8. The first-order chi connectivity index (χ1) is 30.6. The second kappa shape index (κ2) is 22.4. The number of piperidine rings is 1. The van der Waals surface area contributed by atoms with Gasteiger partial charge < -0.3 is 46.2 Å². The van der Waals surface area contributed by atoms with Gasteiger partial charge in [-0.15, -0.1) is 0 Å². The summed E-state index contributed by atoms with van der Waals surface area (Å²) >= 11 is 0. The zero-order chi connectivity index (χ0) is 49.4. The maximum absolute atomic E-state index is 14.6. The highest BCUT2D eigenvalue weighted by Crippen LogP contribution is 2.50. The Balaban J connectivity index is 1.44. The molecule has 3 fully saturated rings. The fourth-order valence-electron chi connectivity index (χ4n) is 9.57. The van der Waals surface area contributed by atoms with Gasteiger partial charge in [0.25, 0.3) is 0 Å². The van der Waals surface area contributed by atoms with Crippen LogP contribution >= 0.6 is 0 Å². The van der Waals surface area contributed by atoms with Crippen LogP contribution in [0.25, 0.3) is 0 Å². The number of carbonyl (C=O) groups is 6. The van der Waals surface area contributed by atoms with E-state index in [0.717, 1.165) is 5.56 Å². The first-order valence-corrected chi connectivity index (χ1v) is 24.0. The van der Waals surface area contributed by atoms with Crippen LogP contribution < -0.4 is 26.6 Å². The number of hydroxylamine groups is 2. The molecular weight excluding hydrogens is 843 g/mol. The first kappa shape index (κ1) is 53.9. The molecule has 2 heterocycles. The molecule has 16 nitrogen and oxygen atoms in total. The number of hydrogen-bond donors (Lipinski definition) is 6. The molecule has 4 rings (SSSR count). The first-order valence-electron chi connectivity index (χ1n) is 24.0. The van der Waals surface area contributed by atoms with Gasteiger partial charge in [-0.05, 0) is 124 Å². The van der Waals surface area contributed by atoms with Crippen molar-refractivity contribution in [1.29, 1.82) is 0 Å².